The van der Waals surface area contributed by atoms with E-state index in [4.69, 9.17) is 5.21 Å². The highest BCUT2D eigenvalue weighted by atomic mass is 16.5. The minimum Gasteiger partial charge on any atom is -0.290 e. The molecular formula is C16H30N4O. The molecule has 1 aromatic rings. The minimum atomic E-state index is 0.587. The van der Waals surface area contributed by atoms with E-state index in [0.717, 1.165) is 18.5 Å². The van der Waals surface area contributed by atoms with Gasteiger partial charge in [0, 0.05) is 18.2 Å². The average molecular weight is 294 g/mol. The van der Waals surface area contributed by atoms with Gasteiger partial charge in [-0.2, -0.15) is 5.10 Å². The summed E-state index contributed by atoms with van der Waals surface area (Å²) in [5.41, 5.74) is 3.15. The first-order valence-electron chi connectivity index (χ1n) is 8.26. The summed E-state index contributed by atoms with van der Waals surface area (Å²) in [6.07, 6.45) is 12.4. The molecule has 0 atom stereocenters. The van der Waals surface area contributed by atoms with E-state index in [1.54, 1.807) is 0 Å². The van der Waals surface area contributed by atoms with Crippen molar-refractivity contribution in [2.75, 3.05) is 0 Å². The fourth-order valence-electron chi connectivity index (χ4n) is 2.34. The van der Waals surface area contributed by atoms with Crippen molar-refractivity contribution in [1.82, 2.24) is 15.7 Å². The average Bonchev–Trinajstić information content (AvgIpc) is 2.89. The summed E-state index contributed by atoms with van der Waals surface area (Å²) in [6.45, 7) is 4.18. The normalized spacial score (nSPS) is 11.9. The molecule has 0 saturated carbocycles. The van der Waals surface area contributed by atoms with E-state index in [9.17, 15) is 0 Å². The van der Waals surface area contributed by atoms with Gasteiger partial charge in [-0.25, -0.2) is 4.99 Å². The number of aromatic amines is 1. The number of hydrogen-bond acceptors (Lipinski definition) is 3. The van der Waals surface area contributed by atoms with Crippen LogP contribution >= 0.6 is 0 Å². The van der Waals surface area contributed by atoms with Crippen molar-refractivity contribution in [2.24, 2.45) is 4.99 Å². The van der Waals surface area contributed by atoms with Gasteiger partial charge in [0.2, 0.25) is 0 Å². The SMILES string of the molecule is CCCCCCCCCCCC(=Nc1cc(C)[nH]n1)NO. The first-order chi connectivity index (χ1) is 10.3. The van der Waals surface area contributed by atoms with Crippen LogP contribution < -0.4 is 5.48 Å². The molecule has 120 valence electrons. The zero-order valence-corrected chi connectivity index (χ0v) is 13.5. The third-order valence-corrected chi connectivity index (χ3v) is 3.59. The van der Waals surface area contributed by atoms with E-state index < -0.39 is 0 Å². The Morgan fingerprint density at radius 2 is 1.76 bits per heavy atom. The molecule has 5 heteroatoms. The number of aromatic nitrogens is 2. The number of amidine groups is 1. The van der Waals surface area contributed by atoms with Gasteiger partial charge in [-0.05, 0) is 13.3 Å². The molecule has 5 nitrogen and oxygen atoms in total. The summed E-state index contributed by atoms with van der Waals surface area (Å²) in [4.78, 5) is 4.28. The summed E-state index contributed by atoms with van der Waals surface area (Å²) >= 11 is 0. The number of H-pyrrole nitrogens is 1. The van der Waals surface area contributed by atoms with Crippen LogP contribution in [0.3, 0.4) is 0 Å². The van der Waals surface area contributed by atoms with Gasteiger partial charge in [-0.15, -0.1) is 0 Å². The highest BCUT2D eigenvalue weighted by molar-refractivity contribution is 5.83. The van der Waals surface area contributed by atoms with Crippen LogP contribution in [0.4, 0.5) is 5.82 Å². The fourth-order valence-corrected chi connectivity index (χ4v) is 2.34. The smallest absolute Gasteiger partial charge is 0.175 e. The second-order valence-corrected chi connectivity index (χ2v) is 5.66. The number of unbranched alkanes of at least 4 members (excludes halogenated alkanes) is 8. The molecule has 0 saturated heterocycles. The van der Waals surface area contributed by atoms with E-state index >= 15 is 0 Å². The van der Waals surface area contributed by atoms with Gasteiger partial charge >= 0.3 is 0 Å². The Morgan fingerprint density at radius 3 is 2.29 bits per heavy atom. The lowest BCUT2D eigenvalue weighted by Gasteiger charge is -2.04. The van der Waals surface area contributed by atoms with Gasteiger partial charge in [0.25, 0.3) is 0 Å². The number of aryl methyl sites for hydroxylation is 1. The molecule has 0 amide bonds. The van der Waals surface area contributed by atoms with Crippen molar-refractivity contribution >= 4 is 11.7 Å². The predicted octanol–water partition coefficient (Wildman–Crippen LogP) is 4.65. The first-order valence-corrected chi connectivity index (χ1v) is 8.26. The van der Waals surface area contributed by atoms with Crippen molar-refractivity contribution in [1.29, 1.82) is 0 Å². The summed E-state index contributed by atoms with van der Waals surface area (Å²) in [5, 5.41) is 16.0. The zero-order chi connectivity index (χ0) is 15.3. The number of rotatable bonds is 11. The maximum absolute atomic E-state index is 9.10. The molecule has 0 aliphatic heterocycles. The molecule has 1 aromatic heterocycles. The molecule has 0 bridgehead atoms. The van der Waals surface area contributed by atoms with Crippen molar-refractivity contribution in [3.63, 3.8) is 0 Å². The molecule has 3 N–H and O–H groups in total. The lowest BCUT2D eigenvalue weighted by Crippen LogP contribution is -2.18. The standard InChI is InChI=1S/C16H30N4O/c1-3-4-5-6-7-8-9-10-11-12-15(20-21)17-16-13-14(2)18-19-16/h13,21H,3-12H2,1-2H3,(H2,17,18,19,20). The van der Waals surface area contributed by atoms with Crippen LogP contribution in [-0.2, 0) is 0 Å². The van der Waals surface area contributed by atoms with Gasteiger partial charge in [0.15, 0.2) is 5.82 Å². The lowest BCUT2D eigenvalue weighted by molar-refractivity contribution is 0.231. The summed E-state index contributed by atoms with van der Waals surface area (Å²) < 4.78 is 0. The predicted molar refractivity (Wildman–Crippen MR) is 87.2 cm³/mol. The van der Waals surface area contributed by atoms with Gasteiger partial charge in [0.05, 0.1) is 0 Å². The van der Waals surface area contributed by atoms with E-state index in [0.29, 0.717) is 11.7 Å². The minimum absolute atomic E-state index is 0.587. The third-order valence-electron chi connectivity index (χ3n) is 3.59. The number of aliphatic imine (C=N–C) groups is 1. The molecule has 1 heterocycles. The molecule has 0 spiro atoms. The molecule has 0 aliphatic carbocycles. The van der Waals surface area contributed by atoms with E-state index in [1.165, 1.54) is 51.4 Å². The van der Waals surface area contributed by atoms with E-state index in [2.05, 4.69) is 27.6 Å². The Kier molecular flexibility index (Phi) is 9.53. The highest BCUT2D eigenvalue weighted by Crippen LogP contribution is 2.12. The number of nitrogens with zero attached hydrogens (tertiary/aromatic N) is 2. The van der Waals surface area contributed by atoms with Crippen LogP contribution in [0.25, 0.3) is 0 Å². The zero-order valence-electron chi connectivity index (χ0n) is 13.5. The monoisotopic (exact) mass is 294 g/mol. The quantitative estimate of drug-likeness (QED) is 0.241. The third kappa shape index (κ3) is 8.50. The summed E-state index contributed by atoms with van der Waals surface area (Å²) in [6, 6.07) is 1.85. The van der Waals surface area contributed by atoms with Crippen LogP contribution in [0.15, 0.2) is 11.1 Å². The fraction of sp³-hybridized carbons (Fsp3) is 0.750. The van der Waals surface area contributed by atoms with Crippen molar-refractivity contribution in [3.05, 3.63) is 11.8 Å². The Balaban J connectivity index is 2.08. The van der Waals surface area contributed by atoms with Crippen molar-refractivity contribution in [3.8, 4) is 0 Å². The van der Waals surface area contributed by atoms with Crippen LogP contribution in [0.5, 0.6) is 0 Å². The molecule has 0 fully saturated rings. The molecule has 0 unspecified atom stereocenters. The first kappa shape index (κ1) is 17.7. The van der Waals surface area contributed by atoms with Crippen LogP contribution in [0, 0.1) is 6.92 Å². The summed E-state index contributed by atoms with van der Waals surface area (Å²) in [5.74, 6) is 1.20. The highest BCUT2D eigenvalue weighted by Gasteiger charge is 2.01. The molecule has 21 heavy (non-hydrogen) atoms. The van der Waals surface area contributed by atoms with Gasteiger partial charge in [0.1, 0.15) is 5.84 Å². The van der Waals surface area contributed by atoms with Crippen LogP contribution in [0.2, 0.25) is 0 Å². The summed E-state index contributed by atoms with van der Waals surface area (Å²) in [7, 11) is 0. The van der Waals surface area contributed by atoms with Gasteiger partial charge in [-0.1, -0.05) is 58.3 Å². The maximum atomic E-state index is 9.10. The Hall–Kier alpha value is -1.36. The molecule has 0 radical (unpaired) electrons. The largest absolute Gasteiger partial charge is 0.290 e. The number of nitrogens with one attached hydrogen (secondary N) is 2. The Labute approximate surface area is 128 Å². The molecule has 0 aliphatic rings. The van der Waals surface area contributed by atoms with Gasteiger partial charge < -0.3 is 0 Å². The van der Waals surface area contributed by atoms with Crippen molar-refractivity contribution in [2.45, 2.75) is 78.1 Å². The number of hydrogen-bond donors (Lipinski definition) is 3. The number of hydroxylamine groups is 1. The topological polar surface area (TPSA) is 73.3 Å². The second kappa shape index (κ2) is 11.3. The van der Waals surface area contributed by atoms with Gasteiger partial charge in [-0.3, -0.25) is 15.8 Å². The van der Waals surface area contributed by atoms with Crippen LogP contribution in [0.1, 0.15) is 76.8 Å². The Morgan fingerprint density at radius 1 is 1.14 bits per heavy atom. The Bertz CT molecular complexity index is 401. The molecular weight excluding hydrogens is 264 g/mol. The second-order valence-electron chi connectivity index (χ2n) is 5.66. The maximum Gasteiger partial charge on any atom is 0.175 e. The van der Waals surface area contributed by atoms with E-state index in [1.807, 2.05) is 13.0 Å². The van der Waals surface area contributed by atoms with E-state index in [-0.39, 0.29) is 0 Å². The van der Waals surface area contributed by atoms with Crippen LogP contribution in [-0.4, -0.2) is 21.2 Å². The van der Waals surface area contributed by atoms with Crippen molar-refractivity contribution < 1.29 is 5.21 Å². The lowest BCUT2D eigenvalue weighted by atomic mass is 10.1. The molecule has 0 aromatic carbocycles. The molecule has 1 rings (SSSR count).